The SMILES string of the molecule is CCCCCCC(C)NC(=O)CCCN(C)S(=O)(=O)c1ccc(F)cc1. The van der Waals surface area contributed by atoms with E-state index in [4.69, 9.17) is 0 Å². The minimum Gasteiger partial charge on any atom is -0.354 e. The first kappa shape index (κ1) is 22.6. The first-order chi connectivity index (χ1) is 12.3. The summed E-state index contributed by atoms with van der Waals surface area (Å²) >= 11 is 0. The van der Waals surface area contributed by atoms with Crippen LogP contribution in [0.15, 0.2) is 29.2 Å². The third-order valence-electron chi connectivity index (χ3n) is 4.30. The number of amides is 1. The van der Waals surface area contributed by atoms with Crippen LogP contribution in [0.5, 0.6) is 0 Å². The smallest absolute Gasteiger partial charge is 0.242 e. The van der Waals surface area contributed by atoms with Gasteiger partial charge in [-0.3, -0.25) is 4.79 Å². The van der Waals surface area contributed by atoms with Crippen molar-refractivity contribution in [2.24, 2.45) is 0 Å². The number of halogens is 1. The second kappa shape index (κ2) is 11.3. The topological polar surface area (TPSA) is 66.5 Å². The number of hydrogen-bond acceptors (Lipinski definition) is 3. The molecule has 0 aliphatic rings. The summed E-state index contributed by atoms with van der Waals surface area (Å²) < 4.78 is 38.9. The lowest BCUT2D eigenvalue weighted by atomic mass is 10.1. The molecule has 7 heteroatoms. The normalized spacial score (nSPS) is 13.0. The van der Waals surface area contributed by atoms with Gasteiger partial charge in [-0.15, -0.1) is 0 Å². The average molecular weight is 387 g/mol. The van der Waals surface area contributed by atoms with Crippen molar-refractivity contribution in [3.8, 4) is 0 Å². The molecule has 0 radical (unpaired) electrons. The molecule has 0 heterocycles. The van der Waals surface area contributed by atoms with Gasteiger partial charge < -0.3 is 5.32 Å². The van der Waals surface area contributed by atoms with Crippen LogP contribution in [-0.4, -0.2) is 38.3 Å². The molecule has 5 nitrogen and oxygen atoms in total. The highest BCUT2D eigenvalue weighted by Gasteiger charge is 2.20. The van der Waals surface area contributed by atoms with Crippen LogP contribution in [0, 0.1) is 5.82 Å². The van der Waals surface area contributed by atoms with Crippen molar-refractivity contribution < 1.29 is 17.6 Å². The van der Waals surface area contributed by atoms with Crippen LogP contribution in [0.4, 0.5) is 4.39 Å². The van der Waals surface area contributed by atoms with E-state index in [1.165, 1.54) is 42.7 Å². The van der Waals surface area contributed by atoms with Crippen LogP contribution in [0.1, 0.15) is 58.8 Å². The second-order valence-corrected chi connectivity index (χ2v) is 8.75. The Balaban J connectivity index is 2.35. The predicted molar refractivity (Wildman–Crippen MR) is 102 cm³/mol. The van der Waals surface area contributed by atoms with Crippen molar-refractivity contribution >= 4 is 15.9 Å². The van der Waals surface area contributed by atoms with Crippen molar-refractivity contribution in [1.29, 1.82) is 0 Å². The van der Waals surface area contributed by atoms with Crippen molar-refractivity contribution in [3.05, 3.63) is 30.1 Å². The summed E-state index contributed by atoms with van der Waals surface area (Å²) in [6, 6.07) is 4.87. The van der Waals surface area contributed by atoms with Gasteiger partial charge in [0.1, 0.15) is 5.82 Å². The summed E-state index contributed by atoms with van der Waals surface area (Å²) in [6.45, 7) is 4.39. The van der Waals surface area contributed by atoms with Gasteiger partial charge in [0, 0.05) is 26.1 Å². The molecule has 1 atom stereocenters. The standard InChI is InChI=1S/C19H31FN2O3S/c1-4-5-6-7-9-16(2)21-19(23)10-8-15-22(3)26(24,25)18-13-11-17(20)12-14-18/h11-14,16H,4-10,15H2,1-3H3,(H,21,23). The zero-order chi connectivity index (χ0) is 19.6. The summed E-state index contributed by atoms with van der Waals surface area (Å²) in [5.41, 5.74) is 0. The maximum absolute atomic E-state index is 12.9. The van der Waals surface area contributed by atoms with Crippen LogP contribution >= 0.6 is 0 Å². The lowest BCUT2D eigenvalue weighted by molar-refractivity contribution is -0.121. The van der Waals surface area contributed by atoms with Gasteiger partial charge in [0.15, 0.2) is 0 Å². The number of hydrogen-bond donors (Lipinski definition) is 1. The average Bonchev–Trinajstić information content (AvgIpc) is 2.59. The number of nitrogens with one attached hydrogen (secondary N) is 1. The molecule has 0 spiro atoms. The fourth-order valence-corrected chi connectivity index (χ4v) is 3.87. The number of benzene rings is 1. The summed E-state index contributed by atoms with van der Waals surface area (Å²) in [5.74, 6) is -0.535. The lowest BCUT2D eigenvalue weighted by Crippen LogP contribution is -2.33. The molecule has 1 aromatic rings. The van der Waals surface area contributed by atoms with Crippen molar-refractivity contribution in [3.63, 3.8) is 0 Å². The van der Waals surface area contributed by atoms with Crippen molar-refractivity contribution in [1.82, 2.24) is 9.62 Å². The number of unbranched alkanes of at least 4 members (excludes halogenated alkanes) is 3. The molecule has 148 valence electrons. The maximum Gasteiger partial charge on any atom is 0.242 e. The molecule has 0 fully saturated rings. The number of carbonyl (C=O) groups is 1. The Bertz CT molecular complexity index is 647. The van der Waals surface area contributed by atoms with Gasteiger partial charge in [-0.05, 0) is 44.0 Å². The van der Waals surface area contributed by atoms with E-state index in [-0.39, 0.29) is 29.8 Å². The Morgan fingerprint density at radius 2 is 1.81 bits per heavy atom. The van der Waals surface area contributed by atoms with Crippen LogP contribution in [-0.2, 0) is 14.8 Å². The van der Waals surface area contributed by atoms with Crippen LogP contribution < -0.4 is 5.32 Å². The Morgan fingerprint density at radius 3 is 2.42 bits per heavy atom. The molecular weight excluding hydrogens is 355 g/mol. The van der Waals surface area contributed by atoms with Crippen LogP contribution in [0.3, 0.4) is 0 Å². The zero-order valence-corrected chi connectivity index (χ0v) is 16.8. The fraction of sp³-hybridized carbons (Fsp3) is 0.632. The molecule has 0 saturated heterocycles. The first-order valence-corrected chi connectivity index (χ1v) is 10.7. The lowest BCUT2D eigenvalue weighted by Gasteiger charge is -2.18. The second-order valence-electron chi connectivity index (χ2n) is 6.70. The molecule has 1 rings (SSSR count). The molecule has 1 unspecified atom stereocenters. The van der Waals surface area contributed by atoms with E-state index in [2.05, 4.69) is 12.2 Å². The van der Waals surface area contributed by atoms with Crippen LogP contribution in [0.2, 0.25) is 0 Å². The Kier molecular flexibility index (Phi) is 9.80. The minimum absolute atomic E-state index is 0.0477. The molecule has 1 aromatic carbocycles. The molecule has 0 aromatic heterocycles. The first-order valence-electron chi connectivity index (χ1n) is 9.28. The third kappa shape index (κ3) is 7.83. The summed E-state index contributed by atoms with van der Waals surface area (Å²) in [6.07, 6.45) is 6.37. The van der Waals surface area contributed by atoms with Gasteiger partial charge in [0.2, 0.25) is 15.9 Å². The number of nitrogens with zero attached hydrogens (tertiary/aromatic N) is 1. The van der Waals surface area contributed by atoms with E-state index in [0.717, 1.165) is 25.0 Å². The van der Waals surface area contributed by atoms with E-state index < -0.39 is 15.8 Å². The van der Waals surface area contributed by atoms with Crippen LogP contribution in [0.25, 0.3) is 0 Å². The van der Waals surface area contributed by atoms with Gasteiger partial charge in [0.25, 0.3) is 0 Å². The molecule has 0 aliphatic carbocycles. The van der Waals surface area contributed by atoms with E-state index in [0.29, 0.717) is 6.42 Å². The number of carbonyl (C=O) groups excluding carboxylic acids is 1. The Morgan fingerprint density at radius 1 is 1.15 bits per heavy atom. The molecule has 1 amide bonds. The summed E-state index contributed by atoms with van der Waals surface area (Å²) in [4.78, 5) is 12.0. The zero-order valence-electron chi connectivity index (χ0n) is 16.0. The number of sulfonamides is 1. The fourth-order valence-electron chi connectivity index (χ4n) is 2.67. The quantitative estimate of drug-likeness (QED) is 0.557. The maximum atomic E-state index is 12.9. The van der Waals surface area contributed by atoms with Gasteiger partial charge in [0.05, 0.1) is 4.90 Å². The molecular formula is C19H31FN2O3S. The van der Waals surface area contributed by atoms with Gasteiger partial charge in [-0.25, -0.2) is 17.1 Å². The molecule has 26 heavy (non-hydrogen) atoms. The van der Waals surface area contributed by atoms with E-state index in [9.17, 15) is 17.6 Å². The highest BCUT2D eigenvalue weighted by molar-refractivity contribution is 7.89. The largest absolute Gasteiger partial charge is 0.354 e. The molecule has 1 N–H and O–H groups in total. The van der Waals surface area contributed by atoms with E-state index >= 15 is 0 Å². The van der Waals surface area contributed by atoms with Gasteiger partial charge >= 0.3 is 0 Å². The van der Waals surface area contributed by atoms with E-state index in [1.54, 1.807) is 0 Å². The molecule has 0 saturated carbocycles. The van der Waals surface area contributed by atoms with Crippen molar-refractivity contribution in [2.45, 2.75) is 69.7 Å². The highest BCUT2D eigenvalue weighted by Crippen LogP contribution is 2.15. The van der Waals surface area contributed by atoms with E-state index in [1.807, 2.05) is 6.92 Å². The monoisotopic (exact) mass is 386 g/mol. The Hall–Kier alpha value is -1.47. The van der Waals surface area contributed by atoms with Crippen molar-refractivity contribution in [2.75, 3.05) is 13.6 Å². The molecule has 0 bridgehead atoms. The minimum atomic E-state index is -3.66. The third-order valence-corrected chi connectivity index (χ3v) is 6.17. The summed E-state index contributed by atoms with van der Waals surface area (Å²) in [5, 5.41) is 2.96. The van der Waals surface area contributed by atoms with Gasteiger partial charge in [-0.1, -0.05) is 32.6 Å². The van der Waals surface area contributed by atoms with Gasteiger partial charge in [-0.2, -0.15) is 0 Å². The summed E-state index contributed by atoms with van der Waals surface area (Å²) in [7, 11) is -2.19. The Labute approximate surface area is 157 Å². The highest BCUT2D eigenvalue weighted by atomic mass is 32.2. The number of rotatable bonds is 12. The predicted octanol–water partition coefficient (Wildman–Crippen LogP) is 3.70. The molecule has 0 aliphatic heterocycles.